The van der Waals surface area contributed by atoms with Gasteiger partial charge in [-0.3, -0.25) is 4.79 Å². The molecule has 25 heavy (non-hydrogen) atoms. The van der Waals surface area contributed by atoms with Crippen molar-refractivity contribution in [2.24, 2.45) is 5.73 Å². The summed E-state index contributed by atoms with van der Waals surface area (Å²) in [5.41, 5.74) is 6.45. The summed E-state index contributed by atoms with van der Waals surface area (Å²) in [6, 6.07) is 3.57. The summed E-state index contributed by atoms with van der Waals surface area (Å²) in [4.78, 5) is 20.9. The molecule has 3 N–H and O–H groups in total. The van der Waals surface area contributed by atoms with E-state index in [0.717, 1.165) is 12.1 Å². The Balaban J connectivity index is 0.00000225. The fourth-order valence-corrected chi connectivity index (χ4v) is 2.60. The summed E-state index contributed by atoms with van der Waals surface area (Å²) in [5.74, 6) is 0.967. The van der Waals surface area contributed by atoms with Crippen LogP contribution in [0.15, 0.2) is 24.5 Å². The Morgan fingerprint density at radius 1 is 1.40 bits per heavy atom. The summed E-state index contributed by atoms with van der Waals surface area (Å²) < 4.78 is 7.19. The lowest BCUT2D eigenvalue weighted by Gasteiger charge is -2.13. The molecule has 1 fully saturated rings. The van der Waals surface area contributed by atoms with Crippen molar-refractivity contribution in [1.82, 2.24) is 19.7 Å². The van der Waals surface area contributed by atoms with Gasteiger partial charge in [0.05, 0.1) is 11.8 Å². The minimum absolute atomic E-state index is 0. The van der Waals surface area contributed by atoms with E-state index in [0.29, 0.717) is 24.7 Å². The van der Waals surface area contributed by atoms with Gasteiger partial charge in [-0.15, -0.1) is 12.4 Å². The van der Waals surface area contributed by atoms with Gasteiger partial charge in [-0.2, -0.15) is 9.78 Å². The Morgan fingerprint density at radius 3 is 2.72 bits per heavy atom. The number of carbonyl (C=O) groups is 1. The van der Waals surface area contributed by atoms with Gasteiger partial charge < -0.3 is 15.8 Å². The fourth-order valence-electron chi connectivity index (χ4n) is 2.60. The fraction of sp³-hybridized carbons (Fsp3) is 0.500. The number of hydrogen-bond acceptors (Lipinski definition) is 6. The van der Waals surface area contributed by atoms with E-state index >= 15 is 0 Å². The molecular weight excluding hydrogens is 344 g/mol. The molecule has 136 valence electrons. The molecule has 0 bridgehead atoms. The highest BCUT2D eigenvalue weighted by molar-refractivity contribution is 5.93. The lowest BCUT2D eigenvalue weighted by atomic mass is 10.1. The molecule has 2 atom stereocenters. The normalized spacial score (nSPS) is 19.7. The quantitative estimate of drug-likeness (QED) is 0.833. The van der Waals surface area contributed by atoms with Crippen LogP contribution >= 0.6 is 12.4 Å². The lowest BCUT2D eigenvalue weighted by Crippen LogP contribution is -2.30. The Labute approximate surface area is 152 Å². The highest BCUT2D eigenvalue weighted by atomic mass is 35.5. The molecule has 1 amide bonds. The standard InChI is InChI=1S/C16H22N6O2.ClH/c1-10(2)12-8-14(22(21-12)16-18-6-3-7-19-16)20-15(23)13-5-4-11(9-17)24-13;/h3,6-8,10-11,13H,4-5,9,17H2,1-2H3,(H,20,23);1H/t11-,13+;/m1./s1. The topological polar surface area (TPSA) is 108 Å². The predicted molar refractivity (Wildman–Crippen MR) is 96.1 cm³/mol. The second kappa shape index (κ2) is 8.37. The van der Waals surface area contributed by atoms with Crippen LogP contribution in [0.3, 0.4) is 0 Å². The van der Waals surface area contributed by atoms with Crippen LogP contribution in [0.4, 0.5) is 5.82 Å². The molecule has 2 aromatic heterocycles. The van der Waals surface area contributed by atoms with E-state index in [9.17, 15) is 4.79 Å². The van der Waals surface area contributed by atoms with Crippen molar-refractivity contribution in [3.63, 3.8) is 0 Å². The Kier molecular flexibility index (Phi) is 6.46. The van der Waals surface area contributed by atoms with E-state index < -0.39 is 6.10 Å². The number of carbonyl (C=O) groups excluding carboxylic acids is 1. The molecule has 0 aromatic carbocycles. The summed E-state index contributed by atoms with van der Waals surface area (Å²) >= 11 is 0. The third-order valence-electron chi connectivity index (χ3n) is 3.98. The summed E-state index contributed by atoms with van der Waals surface area (Å²) in [7, 11) is 0. The molecule has 0 spiro atoms. The van der Waals surface area contributed by atoms with Gasteiger partial charge in [0.15, 0.2) is 0 Å². The Morgan fingerprint density at radius 2 is 2.12 bits per heavy atom. The van der Waals surface area contributed by atoms with Gasteiger partial charge in [-0.05, 0) is 24.8 Å². The zero-order chi connectivity index (χ0) is 17.1. The largest absolute Gasteiger partial charge is 0.364 e. The molecule has 1 aliphatic rings. The monoisotopic (exact) mass is 366 g/mol. The number of anilines is 1. The maximum atomic E-state index is 12.5. The molecule has 3 heterocycles. The average molecular weight is 367 g/mol. The van der Waals surface area contributed by atoms with Gasteiger partial charge in [0.25, 0.3) is 11.9 Å². The van der Waals surface area contributed by atoms with Crippen molar-refractivity contribution in [3.05, 3.63) is 30.2 Å². The smallest absolute Gasteiger partial charge is 0.254 e. The minimum atomic E-state index is -0.485. The second-order valence-electron chi connectivity index (χ2n) is 6.12. The van der Waals surface area contributed by atoms with Crippen molar-refractivity contribution in [1.29, 1.82) is 0 Å². The second-order valence-corrected chi connectivity index (χ2v) is 6.12. The van der Waals surface area contributed by atoms with E-state index in [4.69, 9.17) is 10.5 Å². The molecule has 0 radical (unpaired) electrons. The molecule has 0 aliphatic carbocycles. The number of nitrogens with one attached hydrogen (secondary N) is 1. The number of amides is 1. The zero-order valence-corrected chi connectivity index (χ0v) is 15.1. The average Bonchev–Trinajstić information content (AvgIpc) is 3.22. The van der Waals surface area contributed by atoms with Gasteiger partial charge in [-0.1, -0.05) is 13.8 Å². The molecule has 0 saturated carbocycles. The number of nitrogens with two attached hydrogens (primary N) is 1. The maximum Gasteiger partial charge on any atom is 0.254 e. The van der Waals surface area contributed by atoms with Gasteiger partial charge >= 0.3 is 0 Å². The van der Waals surface area contributed by atoms with Gasteiger partial charge in [0.2, 0.25) is 0 Å². The van der Waals surface area contributed by atoms with Crippen LogP contribution in [0.2, 0.25) is 0 Å². The molecule has 1 saturated heterocycles. The number of aromatic nitrogens is 4. The van der Waals surface area contributed by atoms with Crippen LogP contribution in [0.25, 0.3) is 5.95 Å². The SMILES string of the molecule is CC(C)c1cc(NC(=O)[C@@H]2CC[C@H](CN)O2)n(-c2ncccn2)n1.Cl. The van der Waals surface area contributed by atoms with Crippen LogP contribution in [0.5, 0.6) is 0 Å². The predicted octanol–water partition coefficient (Wildman–Crippen LogP) is 1.65. The molecular formula is C16H23ClN6O2. The molecule has 9 heteroatoms. The van der Waals surface area contributed by atoms with Crippen molar-refractivity contribution in [2.75, 3.05) is 11.9 Å². The first-order chi connectivity index (χ1) is 11.6. The molecule has 3 rings (SSSR count). The van der Waals surface area contributed by atoms with E-state index in [1.807, 2.05) is 19.9 Å². The molecule has 8 nitrogen and oxygen atoms in total. The molecule has 2 aromatic rings. The van der Waals surface area contributed by atoms with Crippen molar-refractivity contribution >= 4 is 24.1 Å². The van der Waals surface area contributed by atoms with Crippen LogP contribution in [-0.2, 0) is 9.53 Å². The molecule has 0 unspecified atom stereocenters. The number of rotatable bonds is 5. The van der Waals surface area contributed by atoms with E-state index in [2.05, 4.69) is 20.4 Å². The van der Waals surface area contributed by atoms with Crippen LogP contribution < -0.4 is 11.1 Å². The highest BCUT2D eigenvalue weighted by Crippen LogP contribution is 2.23. The highest BCUT2D eigenvalue weighted by Gasteiger charge is 2.30. The first kappa shape index (κ1) is 19.3. The van der Waals surface area contributed by atoms with Crippen LogP contribution in [-0.4, -0.2) is 44.4 Å². The molecule has 1 aliphatic heterocycles. The number of halogens is 1. The van der Waals surface area contributed by atoms with Crippen molar-refractivity contribution in [3.8, 4) is 5.95 Å². The summed E-state index contributed by atoms with van der Waals surface area (Å²) in [6.45, 7) is 4.50. The van der Waals surface area contributed by atoms with E-state index in [1.165, 1.54) is 0 Å². The van der Waals surface area contributed by atoms with E-state index in [1.54, 1.807) is 23.1 Å². The Hall–Kier alpha value is -2.03. The zero-order valence-electron chi connectivity index (χ0n) is 14.3. The van der Waals surface area contributed by atoms with Gasteiger partial charge in [0.1, 0.15) is 11.9 Å². The van der Waals surface area contributed by atoms with Crippen LogP contribution in [0.1, 0.15) is 38.3 Å². The van der Waals surface area contributed by atoms with Gasteiger partial charge in [0, 0.05) is 25.0 Å². The third-order valence-corrected chi connectivity index (χ3v) is 3.98. The summed E-state index contributed by atoms with van der Waals surface area (Å²) in [5, 5.41) is 7.39. The number of nitrogens with zero attached hydrogens (tertiary/aromatic N) is 4. The van der Waals surface area contributed by atoms with Crippen molar-refractivity contribution < 1.29 is 9.53 Å². The van der Waals surface area contributed by atoms with Gasteiger partial charge in [-0.25, -0.2) is 9.97 Å². The first-order valence-corrected chi connectivity index (χ1v) is 8.12. The Bertz CT molecular complexity index is 706. The minimum Gasteiger partial charge on any atom is -0.364 e. The van der Waals surface area contributed by atoms with E-state index in [-0.39, 0.29) is 30.3 Å². The number of hydrogen-bond donors (Lipinski definition) is 2. The first-order valence-electron chi connectivity index (χ1n) is 8.12. The maximum absolute atomic E-state index is 12.5. The summed E-state index contributed by atoms with van der Waals surface area (Å²) in [6.07, 6.45) is 4.20. The third kappa shape index (κ3) is 4.33. The van der Waals surface area contributed by atoms with Crippen LogP contribution in [0, 0.1) is 0 Å². The number of ether oxygens (including phenoxy) is 1. The van der Waals surface area contributed by atoms with Crippen molar-refractivity contribution in [2.45, 2.75) is 44.8 Å². The lowest BCUT2D eigenvalue weighted by molar-refractivity contribution is -0.126.